The summed E-state index contributed by atoms with van der Waals surface area (Å²) in [6, 6.07) is 2.42. The fourth-order valence-electron chi connectivity index (χ4n) is 1.58. The minimum absolute atomic E-state index is 0.0859. The topological polar surface area (TPSA) is 35.5 Å². The lowest BCUT2D eigenvalue weighted by atomic mass is 10.1. The Morgan fingerprint density at radius 2 is 2.00 bits per heavy atom. The highest BCUT2D eigenvalue weighted by molar-refractivity contribution is 5.55. The van der Waals surface area contributed by atoms with Gasteiger partial charge in [0.05, 0.1) is 11.8 Å². The summed E-state index contributed by atoms with van der Waals surface area (Å²) in [5, 5.41) is 12.6. The van der Waals surface area contributed by atoms with Crippen LogP contribution in [0.25, 0.3) is 0 Å². The van der Waals surface area contributed by atoms with Crippen molar-refractivity contribution in [1.82, 2.24) is 5.32 Å². The summed E-state index contributed by atoms with van der Waals surface area (Å²) >= 11 is 0. The van der Waals surface area contributed by atoms with Gasteiger partial charge in [-0.2, -0.15) is 0 Å². The number of likely N-dealkylation sites (N-methyl/N-ethyl adjacent to an activating group) is 1. The molecule has 0 aliphatic heterocycles. The molecule has 0 aromatic heterocycles. The van der Waals surface area contributed by atoms with Crippen molar-refractivity contribution >= 4 is 5.69 Å². The number of nitrogens with zero attached hydrogens (tertiary/aromatic N) is 1. The molecule has 0 aliphatic carbocycles. The summed E-state index contributed by atoms with van der Waals surface area (Å²) < 4.78 is 26.6. The fourth-order valence-corrected chi connectivity index (χ4v) is 1.58. The van der Waals surface area contributed by atoms with Crippen molar-refractivity contribution in [2.45, 2.75) is 6.10 Å². The van der Waals surface area contributed by atoms with Crippen LogP contribution in [0.15, 0.2) is 12.1 Å². The molecule has 0 spiro atoms. The molecule has 16 heavy (non-hydrogen) atoms. The number of aliphatic hydroxyl groups is 1. The Morgan fingerprint density at radius 1 is 1.38 bits per heavy atom. The van der Waals surface area contributed by atoms with Crippen molar-refractivity contribution in [2.24, 2.45) is 0 Å². The largest absolute Gasteiger partial charge is 0.387 e. The van der Waals surface area contributed by atoms with Gasteiger partial charge in [0.25, 0.3) is 0 Å². The summed E-state index contributed by atoms with van der Waals surface area (Å²) in [6.07, 6.45) is -0.863. The first-order valence-electron chi connectivity index (χ1n) is 4.97. The number of halogens is 2. The van der Waals surface area contributed by atoms with E-state index in [1.54, 1.807) is 21.1 Å². The maximum absolute atomic E-state index is 13.6. The number of benzene rings is 1. The summed E-state index contributed by atoms with van der Waals surface area (Å²) in [5.74, 6) is -1.85. The first-order chi connectivity index (χ1) is 7.49. The van der Waals surface area contributed by atoms with Crippen LogP contribution in [0, 0.1) is 11.6 Å². The van der Waals surface area contributed by atoms with Crippen LogP contribution < -0.4 is 10.2 Å². The zero-order valence-electron chi connectivity index (χ0n) is 9.59. The van der Waals surface area contributed by atoms with Crippen molar-refractivity contribution in [3.63, 3.8) is 0 Å². The third kappa shape index (κ3) is 2.48. The molecule has 1 unspecified atom stereocenters. The smallest absolute Gasteiger partial charge is 0.182 e. The van der Waals surface area contributed by atoms with Gasteiger partial charge < -0.3 is 15.3 Å². The van der Waals surface area contributed by atoms with Crippen molar-refractivity contribution in [3.05, 3.63) is 29.3 Å². The number of hydrogen-bond donors (Lipinski definition) is 2. The van der Waals surface area contributed by atoms with Crippen LogP contribution in [0.4, 0.5) is 14.5 Å². The van der Waals surface area contributed by atoms with Crippen LogP contribution in [0.2, 0.25) is 0 Å². The second kappa shape index (κ2) is 5.23. The van der Waals surface area contributed by atoms with E-state index in [2.05, 4.69) is 5.32 Å². The Bertz CT molecular complexity index is 369. The summed E-state index contributed by atoms with van der Waals surface area (Å²) in [5.41, 5.74) is 0.459. The van der Waals surface area contributed by atoms with E-state index in [0.717, 1.165) is 6.07 Å². The number of aliphatic hydroxyl groups excluding tert-OH is 1. The van der Waals surface area contributed by atoms with E-state index in [1.165, 1.54) is 11.0 Å². The van der Waals surface area contributed by atoms with Gasteiger partial charge in [-0.15, -0.1) is 0 Å². The molecule has 0 aliphatic rings. The monoisotopic (exact) mass is 230 g/mol. The van der Waals surface area contributed by atoms with Gasteiger partial charge in [-0.1, -0.05) is 6.07 Å². The lowest BCUT2D eigenvalue weighted by Gasteiger charge is -2.21. The molecule has 0 heterocycles. The fraction of sp³-hybridized carbons (Fsp3) is 0.455. The van der Waals surface area contributed by atoms with Crippen molar-refractivity contribution < 1.29 is 13.9 Å². The zero-order chi connectivity index (χ0) is 12.3. The highest BCUT2D eigenvalue weighted by Crippen LogP contribution is 2.29. The van der Waals surface area contributed by atoms with Crippen LogP contribution in [-0.2, 0) is 0 Å². The summed E-state index contributed by atoms with van der Waals surface area (Å²) in [7, 11) is 4.89. The second-order valence-electron chi connectivity index (χ2n) is 3.77. The maximum Gasteiger partial charge on any atom is 0.182 e. The van der Waals surface area contributed by atoms with Crippen molar-refractivity contribution in [1.29, 1.82) is 0 Å². The van der Waals surface area contributed by atoms with E-state index in [0.29, 0.717) is 5.56 Å². The highest BCUT2D eigenvalue weighted by atomic mass is 19.2. The summed E-state index contributed by atoms with van der Waals surface area (Å²) in [6.45, 7) is 0.284. The van der Waals surface area contributed by atoms with Crippen LogP contribution in [0.1, 0.15) is 11.7 Å². The molecule has 0 radical (unpaired) electrons. The molecule has 0 bridgehead atoms. The first kappa shape index (κ1) is 12.9. The molecule has 3 nitrogen and oxygen atoms in total. The zero-order valence-corrected chi connectivity index (χ0v) is 9.59. The number of nitrogens with one attached hydrogen (secondary N) is 1. The molecule has 1 atom stereocenters. The SMILES string of the molecule is CNCC(O)c1ccc(F)c(F)c1N(C)C. The van der Waals surface area contributed by atoms with Gasteiger partial charge in [-0.05, 0) is 13.1 Å². The Morgan fingerprint density at radius 3 is 2.50 bits per heavy atom. The first-order valence-corrected chi connectivity index (χ1v) is 4.97. The van der Waals surface area contributed by atoms with Crippen LogP contribution in [0.5, 0.6) is 0 Å². The van der Waals surface area contributed by atoms with Crippen LogP contribution >= 0.6 is 0 Å². The molecule has 0 fully saturated rings. The number of anilines is 1. The normalized spacial score (nSPS) is 12.6. The van der Waals surface area contributed by atoms with Crippen LogP contribution in [0.3, 0.4) is 0 Å². The predicted octanol–water partition coefficient (Wildman–Crippen LogP) is 1.28. The molecule has 1 aromatic rings. The van der Waals surface area contributed by atoms with E-state index in [4.69, 9.17) is 0 Å². The van der Waals surface area contributed by atoms with Gasteiger partial charge in [0.1, 0.15) is 0 Å². The molecular formula is C11H16F2N2O. The van der Waals surface area contributed by atoms with Gasteiger partial charge in [-0.25, -0.2) is 8.78 Å². The number of hydrogen-bond acceptors (Lipinski definition) is 3. The molecule has 1 rings (SSSR count). The Balaban J connectivity index is 3.23. The van der Waals surface area contributed by atoms with E-state index < -0.39 is 17.7 Å². The molecule has 2 N–H and O–H groups in total. The van der Waals surface area contributed by atoms with E-state index in [9.17, 15) is 13.9 Å². The van der Waals surface area contributed by atoms with Crippen molar-refractivity contribution in [2.75, 3.05) is 32.6 Å². The third-order valence-corrected chi connectivity index (χ3v) is 2.30. The van der Waals surface area contributed by atoms with E-state index in [1.807, 2.05) is 0 Å². The molecule has 1 aromatic carbocycles. The third-order valence-electron chi connectivity index (χ3n) is 2.30. The van der Waals surface area contributed by atoms with Gasteiger partial charge in [0.2, 0.25) is 0 Å². The Kier molecular flexibility index (Phi) is 4.20. The average molecular weight is 230 g/mol. The van der Waals surface area contributed by atoms with Gasteiger partial charge in [0.15, 0.2) is 11.6 Å². The summed E-state index contributed by atoms with van der Waals surface area (Å²) in [4.78, 5) is 1.45. The van der Waals surface area contributed by atoms with Gasteiger partial charge >= 0.3 is 0 Å². The van der Waals surface area contributed by atoms with Crippen LogP contribution in [-0.4, -0.2) is 32.8 Å². The lowest BCUT2D eigenvalue weighted by molar-refractivity contribution is 0.177. The minimum Gasteiger partial charge on any atom is -0.387 e. The predicted molar refractivity (Wildman–Crippen MR) is 59.6 cm³/mol. The molecule has 0 amide bonds. The van der Waals surface area contributed by atoms with Crippen molar-refractivity contribution in [3.8, 4) is 0 Å². The molecule has 0 saturated heterocycles. The molecule has 90 valence electrons. The highest BCUT2D eigenvalue weighted by Gasteiger charge is 2.19. The minimum atomic E-state index is -0.933. The lowest BCUT2D eigenvalue weighted by Crippen LogP contribution is -2.21. The number of rotatable bonds is 4. The molecule has 0 saturated carbocycles. The maximum atomic E-state index is 13.6. The second-order valence-corrected chi connectivity index (χ2v) is 3.77. The average Bonchev–Trinajstić information content (AvgIpc) is 2.21. The molecular weight excluding hydrogens is 214 g/mol. The molecule has 5 heteroatoms. The van der Waals surface area contributed by atoms with Gasteiger partial charge in [0, 0.05) is 26.2 Å². The van der Waals surface area contributed by atoms with Gasteiger partial charge in [-0.3, -0.25) is 0 Å². The van der Waals surface area contributed by atoms with E-state index in [-0.39, 0.29) is 12.2 Å². The van der Waals surface area contributed by atoms with E-state index >= 15 is 0 Å². The standard InChI is InChI=1S/C11H16F2N2O/c1-14-6-9(16)7-4-5-8(12)10(13)11(7)15(2)3/h4-5,9,14,16H,6H2,1-3H3. The Hall–Kier alpha value is -1.20. The quantitative estimate of drug-likeness (QED) is 0.818. The Labute approximate surface area is 93.7 Å².